The van der Waals surface area contributed by atoms with E-state index in [9.17, 15) is 17.2 Å². The van der Waals surface area contributed by atoms with Gasteiger partial charge < -0.3 is 8.74 Å². The molecule has 1 aromatic rings. The van der Waals surface area contributed by atoms with Crippen molar-refractivity contribution in [2.75, 3.05) is 0 Å². The molecule has 1 atom stereocenters. The van der Waals surface area contributed by atoms with E-state index in [2.05, 4.69) is 18.0 Å². The van der Waals surface area contributed by atoms with Gasteiger partial charge in [0, 0.05) is 6.07 Å². The second-order valence-electron chi connectivity index (χ2n) is 1.68. The van der Waals surface area contributed by atoms with Crippen molar-refractivity contribution in [2.24, 2.45) is 0 Å². The average Bonchev–Trinajstić information content (AvgIpc) is 2.34. The fourth-order valence-corrected chi connectivity index (χ4v) is 1.45. The third kappa shape index (κ3) is 3.50. The zero-order valence-electron chi connectivity index (χ0n) is 5.87. The molecule has 1 heterocycles. The second kappa shape index (κ2) is 3.83. The van der Waals surface area contributed by atoms with E-state index in [0.29, 0.717) is 0 Å². The number of H-pyrrole nitrogens is 1. The van der Waals surface area contributed by atoms with Crippen LogP contribution < -0.4 is 4.18 Å². The highest BCUT2D eigenvalue weighted by atomic mass is 32.3. The van der Waals surface area contributed by atoms with Crippen molar-refractivity contribution in [1.29, 1.82) is 0 Å². The Morgan fingerprint density at radius 1 is 1.62 bits per heavy atom. The van der Waals surface area contributed by atoms with Crippen molar-refractivity contribution < 1.29 is 25.0 Å². The molecule has 0 radical (unpaired) electrons. The fourth-order valence-electron chi connectivity index (χ4n) is 0.481. The summed E-state index contributed by atoms with van der Waals surface area (Å²) in [5.74, 6) is -0.245. The van der Waals surface area contributed by atoms with Gasteiger partial charge in [0.05, 0.1) is 6.20 Å². The van der Waals surface area contributed by atoms with E-state index < -0.39 is 21.8 Å². The van der Waals surface area contributed by atoms with E-state index in [1.54, 1.807) is 0 Å². The first kappa shape index (κ1) is 10.1. The van der Waals surface area contributed by atoms with E-state index in [-0.39, 0.29) is 5.88 Å². The van der Waals surface area contributed by atoms with Crippen molar-refractivity contribution in [1.82, 2.24) is 10.2 Å². The fraction of sp³-hybridized carbons (Fsp3) is 0. The van der Waals surface area contributed by atoms with Crippen molar-refractivity contribution in [3.63, 3.8) is 0 Å². The van der Waals surface area contributed by atoms with Crippen molar-refractivity contribution in [3.05, 3.63) is 12.3 Å². The van der Waals surface area contributed by atoms with Crippen LogP contribution in [0.3, 0.4) is 0 Å². The minimum Gasteiger partial charge on any atom is -0.749 e. The van der Waals surface area contributed by atoms with Crippen LogP contribution >= 0.6 is 0 Å². The first-order valence-corrected chi connectivity index (χ1v) is 5.06. The maximum atomic E-state index is 10.6. The Bertz CT molecular complexity index is 382. The van der Waals surface area contributed by atoms with E-state index in [0.717, 1.165) is 0 Å². The lowest BCUT2D eigenvalue weighted by molar-refractivity contribution is 0.370. The molecule has 10 heteroatoms. The molecular formula is C3H3N2O6S2-. The summed E-state index contributed by atoms with van der Waals surface area (Å²) in [6.07, 6.45) is 1.22. The zero-order chi connectivity index (χ0) is 9.90. The summed E-state index contributed by atoms with van der Waals surface area (Å²) in [5, 5.41) is 5.50. The molecular weight excluding hydrogens is 224 g/mol. The molecule has 0 aliphatic rings. The van der Waals surface area contributed by atoms with E-state index in [1.807, 2.05) is 0 Å². The first-order valence-electron chi connectivity index (χ1n) is 2.72. The van der Waals surface area contributed by atoms with Crippen LogP contribution in [-0.2, 0) is 25.4 Å². The Kier molecular flexibility index (Phi) is 2.98. The smallest absolute Gasteiger partial charge is 0.462 e. The topological polar surface area (TPSA) is 121 Å². The summed E-state index contributed by atoms with van der Waals surface area (Å²) in [5.41, 5.74) is 0. The molecule has 0 aliphatic heterocycles. The van der Waals surface area contributed by atoms with Crippen molar-refractivity contribution in [3.8, 4) is 5.88 Å². The molecule has 0 amide bonds. The Labute approximate surface area is 75.7 Å². The molecule has 1 unspecified atom stereocenters. The average molecular weight is 227 g/mol. The van der Waals surface area contributed by atoms with Crippen LogP contribution in [0, 0.1) is 0 Å². The minimum atomic E-state index is -4.59. The molecule has 1 rings (SSSR count). The maximum Gasteiger partial charge on any atom is 0.462 e. The normalized spacial score (nSPS) is 13.9. The van der Waals surface area contributed by atoms with Crippen LogP contribution in [0.2, 0.25) is 0 Å². The molecule has 0 aromatic carbocycles. The predicted molar refractivity (Wildman–Crippen MR) is 38.1 cm³/mol. The number of hydrogen-bond acceptors (Lipinski definition) is 7. The molecule has 1 N–H and O–H groups in total. The molecule has 0 spiro atoms. The highest BCUT2D eigenvalue weighted by molar-refractivity contribution is 7.92. The van der Waals surface area contributed by atoms with Gasteiger partial charge in [-0.05, 0) is 0 Å². The number of nitrogens with zero attached hydrogens (tertiary/aromatic N) is 1. The summed E-state index contributed by atoms with van der Waals surface area (Å²) in [6.45, 7) is 0. The Balaban J connectivity index is 2.68. The second-order valence-corrected chi connectivity index (χ2v) is 3.62. The number of hydrogen-bond donors (Lipinski definition) is 1. The van der Waals surface area contributed by atoms with Crippen LogP contribution in [0.4, 0.5) is 0 Å². The molecule has 1 aromatic heterocycles. The zero-order valence-corrected chi connectivity index (χ0v) is 7.50. The quantitative estimate of drug-likeness (QED) is 0.644. The summed E-state index contributed by atoms with van der Waals surface area (Å²) < 4.78 is 48.4. The molecule has 8 nitrogen and oxygen atoms in total. The van der Waals surface area contributed by atoms with Crippen LogP contribution in [0.5, 0.6) is 5.88 Å². The Morgan fingerprint density at radius 2 is 2.31 bits per heavy atom. The van der Waals surface area contributed by atoms with Gasteiger partial charge in [0.25, 0.3) is 0 Å². The molecule has 0 aliphatic carbocycles. The summed E-state index contributed by atoms with van der Waals surface area (Å²) >= 11 is -3.19. The number of nitrogens with one attached hydrogen (secondary N) is 1. The number of aromatic amines is 1. The van der Waals surface area contributed by atoms with Gasteiger partial charge in [-0.25, -0.2) is 9.31 Å². The third-order valence-electron chi connectivity index (χ3n) is 0.806. The highest BCUT2D eigenvalue weighted by Gasteiger charge is 2.15. The van der Waals surface area contributed by atoms with Gasteiger partial charge in [0.15, 0.2) is 0 Å². The van der Waals surface area contributed by atoms with Crippen molar-refractivity contribution in [2.45, 2.75) is 0 Å². The van der Waals surface area contributed by atoms with Gasteiger partial charge >= 0.3 is 10.4 Å². The van der Waals surface area contributed by atoms with Crippen LogP contribution in [0.25, 0.3) is 0 Å². The van der Waals surface area contributed by atoms with Crippen LogP contribution in [0.1, 0.15) is 0 Å². The van der Waals surface area contributed by atoms with Gasteiger partial charge in [0.2, 0.25) is 5.88 Å². The summed E-state index contributed by atoms with van der Waals surface area (Å²) in [4.78, 5) is 0. The standard InChI is InChI=1S/C3H4N2O6S2/c6-12(7)11-13(8,9)10-3-1-2-4-5-3/h1-2H,(H,4,5)(H,6,7)/p-1. The first-order chi connectivity index (χ1) is 5.99. The highest BCUT2D eigenvalue weighted by Crippen LogP contribution is 2.07. The third-order valence-corrected chi connectivity index (χ3v) is 2.30. The van der Waals surface area contributed by atoms with Gasteiger partial charge in [-0.3, -0.25) is 0 Å². The summed E-state index contributed by atoms with van der Waals surface area (Å²) in [7, 11) is -4.59. The van der Waals surface area contributed by atoms with Crippen molar-refractivity contribution >= 4 is 21.8 Å². The molecule has 0 fully saturated rings. The summed E-state index contributed by atoms with van der Waals surface area (Å²) in [6, 6.07) is 1.18. The molecule has 0 saturated carbocycles. The lowest BCUT2D eigenvalue weighted by Crippen LogP contribution is -2.14. The van der Waals surface area contributed by atoms with E-state index in [1.165, 1.54) is 12.3 Å². The lowest BCUT2D eigenvalue weighted by atomic mass is 10.7. The van der Waals surface area contributed by atoms with Crippen LogP contribution in [0.15, 0.2) is 12.3 Å². The molecule has 0 bridgehead atoms. The lowest BCUT2D eigenvalue weighted by Gasteiger charge is -2.04. The van der Waals surface area contributed by atoms with Gasteiger partial charge in [-0.15, -0.1) is 3.63 Å². The minimum absolute atomic E-state index is 0.245. The monoisotopic (exact) mass is 227 g/mol. The van der Waals surface area contributed by atoms with Crippen LogP contribution in [-0.4, -0.2) is 27.4 Å². The number of aromatic nitrogens is 2. The number of rotatable bonds is 4. The maximum absolute atomic E-state index is 10.6. The Hall–Kier alpha value is -0.970. The van der Waals surface area contributed by atoms with E-state index >= 15 is 0 Å². The van der Waals surface area contributed by atoms with Gasteiger partial charge in [-0.2, -0.15) is 13.5 Å². The Morgan fingerprint density at radius 3 is 2.77 bits per heavy atom. The molecule has 0 saturated heterocycles. The van der Waals surface area contributed by atoms with E-state index in [4.69, 9.17) is 0 Å². The van der Waals surface area contributed by atoms with Gasteiger partial charge in [0.1, 0.15) is 11.4 Å². The molecule has 74 valence electrons. The largest absolute Gasteiger partial charge is 0.749 e. The van der Waals surface area contributed by atoms with Gasteiger partial charge in [-0.1, -0.05) is 0 Å². The predicted octanol–water partition coefficient (Wildman–Crippen LogP) is -1.16. The molecule has 13 heavy (non-hydrogen) atoms. The SMILES string of the molecule is O=S([O-])OS(=O)(=O)Oc1ccn[nH]1.